The van der Waals surface area contributed by atoms with Gasteiger partial charge in [0.05, 0.1) is 11.4 Å². The van der Waals surface area contributed by atoms with Gasteiger partial charge < -0.3 is 5.32 Å². The Kier molecular flexibility index (Phi) is 6.74. The van der Waals surface area contributed by atoms with Crippen LogP contribution in [-0.4, -0.2) is 40.1 Å². The first kappa shape index (κ1) is 21.9. The highest BCUT2D eigenvalue weighted by Gasteiger charge is 2.25. The van der Waals surface area contributed by atoms with Crippen molar-refractivity contribution in [3.63, 3.8) is 0 Å². The highest BCUT2D eigenvalue weighted by molar-refractivity contribution is 7.91. The van der Waals surface area contributed by atoms with E-state index in [4.69, 9.17) is 5.14 Å². The van der Waals surface area contributed by atoms with Gasteiger partial charge in [-0.15, -0.1) is 11.3 Å². The smallest absolute Gasteiger partial charge is 0.251 e. The maximum absolute atomic E-state index is 12.8. The second-order valence-corrected chi connectivity index (χ2v) is 11.7. The Labute approximate surface area is 174 Å². The molecule has 1 amide bonds. The molecule has 0 spiro atoms. The van der Waals surface area contributed by atoms with E-state index in [1.807, 2.05) is 0 Å². The molecule has 1 saturated heterocycles. The molecule has 3 rings (SSSR count). The van der Waals surface area contributed by atoms with Crippen LogP contribution in [0.4, 0.5) is 0 Å². The summed E-state index contributed by atoms with van der Waals surface area (Å²) < 4.78 is 49.7. The fourth-order valence-corrected chi connectivity index (χ4v) is 6.32. The summed E-state index contributed by atoms with van der Waals surface area (Å²) in [4.78, 5) is 13.1. The van der Waals surface area contributed by atoms with Crippen molar-refractivity contribution < 1.29 is 21.6 Å². The highest BCUT2D eigenvalue weighted by atomic mass is 32.2. The average molecular weight is 458 g/mol. The van der Waals surface area contributed by atoms with Gasteiger partial charge in [-0.2, -0.15) is 4.31 Å². The van der Waals surface area contributed by atoms with Crippen molar-refractivity contribution in [3.05, 3.63) is 46.8 Å². The Balaban J connectivity index is 1.64. The number of carbonyl (C=O) groups is 1. The number of nitrogens with one attached hydrogen (secondary N) is 1. The number of sulfonamides is 2. The zero-order chi connectivity index (χ0) is 21.1. The van der Waals surface area contributed by atoms with Crippen LogP contribution in [0.25, 0.3) is 0 Å². The number of nitrogens with two attached hydrogens (primary N) is 1. The van der Waals surface area contributed by atoms with Gasteiger partial charge in [-0.25, -0.2) is 22.0 Å². The van der Waals surface area contributed by atoms with E-state index in [9.17, 15) is 21.6 Å². The van der Waals surface area contributed by atoms with E-state index in [0.717, 1.165) is 37.0 Å². The van der Waals surface area contributed by atoms with Crippen LogP contribution in [0, 0.1) is 0 Å². The van der Waals surface area contributed by atoms with E-state index in [-0.39, 0.29) is 21.6 Å². The molecule has 0 aliphatic carbocycles. The molecule has 3 N–H and O–H groups in total. The minimum Gasteiger partial charge on any atom is -0.347 e. The van der Waals surface area contributed by atoms with Gasteiger partial charge in [0, 0.05) is 23.5 Å². The molecule has 1 aliphatic heterocycles. The van der Waals surface area contributed by atoms with E-state index >= 15 is 0 Å². The SMILES string of the molecule is NS(=O)(=O)c1ccc(CNC(=O)c2ccc(S(=O)(=O)N3CCCCCC3)cc2)s1. The van der Waals surface area contributed by atoms with Crippen LogP contribution in [-0.2, 0) is 26.6 Å². The van der Waals surface area contributed by atoms with Crippen LogP contribution in [0.15, 0.2) is 45.5 Å². The molecular formula is C18H23N3O5S3. The normalized spacial score (nSPS) is 16.3. The molecule has 2 aromatic rings. The molecule has 2 heterocycles. The summed E-state index contributed by atoms with van der Waals surface area (Å²) in [6.45, 7) is 1.19. The number of nitrogens with zero attached hydrogens (tertiary/aromatic N) is 1. The van der Waals surface area contributed by atoms with E-state index in [2.05, 4.69) is 5.32 Å². The third-order valence-corrected chi connectivity index (χ3v) is 9.10. The third kappa shape index (κ3) is 5.43. The Hall–Kier alpha value is -1.79. The first-order valence-electron chi connectivity index (χ1n) is 9.18. The molecule has 0 unspecified atom stereocenters. The molecule has 158 valence electrons. The number of benzene rings is 1. The van der Waals surface area contributed by atoms with Crippen LogP contribution < -0.4 is 10.5 Å². The van der Waals surface area contributed by atoms with Gasteiger partial charge in [0.2, 0.25) is 20.0 Å². The molecule has 0 radical (unpaired) electrons. The molecule has 8 nitrogen and oxygen atoms in total. The van der Waals surface area contributed by atoms with Gasteiger partial charge in [0.25, 0.3) is 5.91 Å². The van der Waals surface area contributed by atoms with Gasteiger partial charge in [0.15, 0.2) is 0 Å². The lowest BCUT2D eigenvalue weighted by Crippen LogP contribution is -2.32. The minimum atomic E-state index is -3.76. The summed E-state index contributed by atoms with van der Waals surface area (Å²) >= 11 is 0.988. The molecule has 0 bridgehead atoms. The highest BCUT2D eigenvalue weighted by Crippen LogP contribution is 2.22. The predicted molar refractivity (Wildman–Crippen MR) is 111 cm³/mol. The summed E-state index contributed by atoms with van der Waals surface area (Å²) in [6, 6.07) is 8.82. The lowest BCUT2D eigenvalue weighted by Gasteiger charge is -2.20. The molecule has 0 atom stereocenters. The average Bonchev–Trinajstić information content (AvgIpc) is 3.00. The molecular weight excluding hydrogens is 434 g/mol. The van der Waals surface area contributed by atoms with Gasteiger partial charge in [-0.05, 0) is 49.2 Å². The first-order valence-corrected chi connectivity index (χ1v) is 13.0. The molecule has 29 heavy (non-hydrogen) atoms. The van der Waals surface area contributed by atoms with Gasteiger partial charge in [-0.3, -0.25) is 4.79 Å². The number of amides is 1. The number of rotatable bonds is 6. The van der Waals surface area contributed by atoms with Crippen molar-refractivity contribution >= 4 is 37.3 Å². The predicted octanol–water partition coefficient (Wildman–Crippen LogP) is 1.89. The standard InChI is InChI=1S/C18H23N3O5S3/c19-28(23,24)17-10-7-15(27-17)13-20-18(22)14-5-8-16(9-6-14)29(25,26)21-11-3-1-2-4-12-21/h5-10H,1-4,11-13H2,(H,20,22)(H2,19,23,24). The molecule has 11 heteroatoms. The summed E-state index contributed by atoms with van der Waals surface area (Å²) in [6.07, 6.45) is 3.79. The Morgan fingerprint density at radius 2 is 1.59 bits per heavy atom. The van der Waals surface area contributed by atoms with Crippen molar-refractivity contribution in [2.75, 3.05) is 13.1 Å². The fraction of sp³-hybridized carbons (Fsp3) is 0.389. The van der Waals surface area contributed by atoms with Crippen molar-refractivity contribution in [3.8, 4) is 0 Å². The molecule has 1 aliphatic rings. The number of hydrogen-bond acceptors (Lipinski definition) is 6. The maximum Gasteiger partial charge on any atom is 0.251 e. The number of thiophene rings is 1. The van der Waals surface area contributed by atoms with E-state index in [0.29, 0.717) is 23.5 Å². The van der Waals surface area contributed by atoms with Crippen LogP contribution in [0.3, 0.4) is 0 Å². The topological polar surface area (TPSA) is 127 Å². The second kappa shape index (κ2) is 8.92. The van der Waals surface area contributed by atoms with Crippen molar-refractivity contribution in [2.24, 2.45) is 5.14 Å². The van der Waals surface area contributed by atoms with Crippen LogP contribution in [0.2, 0.25) is 0 Å². The molecule has 1 aromatic carbocycles. The molecule has 1 aromatic heterocycles. The monoisotopic (exact) mass is 457 g/mol. The minimum absolute atomic E-state index is 0.0322. The summed E-state index contributed by atoms with van der Waals surface area (Å²) in [5.74, 6) is -0.380. The zero-order valence-electron chi connectivity index (χ0n) is 15.7. The van der Waals surface area contributed by atoms with Gasteiger partial charge in [-0.1, -0.05) is 12.8 Å². The van der Waals surface area contributed by atoms with Gasteiger partial charge >= 0.3 is 0 Å². The quantitative estimate of drug-likeness (QED) is 0.685. The molecule has 1 fully saturated rings. The Morgan fingerprint density at radius 1 is 0.966 bits per heavy atom. The maximum atomic E-state index is 12.8. The second-order valence-electron chi connectivity index (χ2n) is 6.79. The van der Waals surface area contributed by atoms with Crippen molar-refractivity contribution in [1.82, 2.24) is 9.62 Å². The zero-order valence-corrected chi connectivity index (χ0v) is 18.2. The molecule has 0 saturated carbocycles. The largest absolute Gasteiger partial charge is 0.347 e. The lowest BCUT2D eigenvalue weighted by molar-refractivity contribution is 0.0951. The van der Waals surface area contributed by atoms with Crippen molar-refractivity contribution in [2.45, 2.75) is 41.3 Å². The van der Waals surface area contributed by atoms with Crippen LogP contribution in [0.1, 0.15) is 40.9 Å². The van der Waals surface area contributed by atoms with E-state index in [1.165, 1.54) is 34.6 Å². The lowest BCUT2D eigenvalue weighted by atomic mass is 10.2. The van der Waals surface area contributed by atoms with E-state index in [1.54, 1.807) is 6.07 Å². The Morgan fingerprint density at radius 3 is 2.14 bits per heavy atom. The number of hydrogen-bond donors (Lipinski definition) is 2. The van der Waals surface area contributed by atoms with Crippen LogP contribution >= 0.6 is 11.3 Å². The van der Waals surface area contributed by atoms with E-state index < -0.39 is 20.0 Å². The van der Waals surface area contributed by atoms with Crippen LogP contribution in [0.5, 0.6) is 0 Å². The summed E-state index contributed by atoms with van der Waals surface area (Å²) in [7, 11) is -7.32. The Bertz CT molecular complexity index is 1070. The van der Waals surface area contributed by atoms with Crippen molar-refractivity contribution in [1.29, 1.82) is 0 Å². The van der Waals surface area contributed by atoms with Gasteiger partial charge in [0.1, 0.15) is 4.21 Å². The third-order valence-electron chi connectivity index (χ3n) is 4.66. The first-order chi connectivity index (χ1) is 13.7. The summed E-state index contributed by atoms with van der Waals surface area (Å²) in [5.41, 5.74) is 0.322. The summed E-state index contributed by atoms with van der Waals surface area (Å²) in [5, 5.41) is 7.76. The number of primary sulfonamides is 1. The number of carbonyl (C=O) groups excluding carboxylic acids is 1. The fourth-order valence-electron chi connectivity index (χ4n) is 3.08.